The largest absolute Gasteiger partial charge is 0.493 e. The lowest BCUT2D eigenvalue weighted by atomic mass is 9.96. The van der Waals surface area contributed by atoms with Gasteiger partial charge in [-0.15, -0.1) is 0 Å². The quantitative estimate of drug-likeness (QED) is 0.798. The average Bonchev–Trinajstić information content (AvgIpc) is 3.17. The standard InChI is InChI=1S/C20H23N3O2/c24-20(18-11-17(22-23-18)15-6-2-1-3-7-15)21-12-14-10-16-8-4-5-9-19(16)25-13-14/h1-9,14,17-18,22-23H,10-13H2,(H,21,24). The van der Waals surface area contributed by atoms with Gasteiger partial charge in [-0.3, -0.25) is 4.79 Å². The number of hydrazine groups is 1. The number of hydrogen-bond donors (Lipinski definition) is 3. The van der Waals surface area contributed by atoms with Gasteiger partial charge >= 0.3 is 0 Å². The fourth-order valence-electron chi connectivity index (χ4n) is 3.52. The molecule has 0 aliphatic carbocycles. The van der Waals surface area contributed by atoms with Crippen LogP contribution in [-0.4, -0.2) is 25.1 Å². The Balaban J connectivity index is 1.27. The van der Waals surface area contributed by atoms with Gasteiger partial charge in [0.1, 0.15) is 11.8 Å². The van der Waals surface area contributed by atoms with Crippen LogP contribution in [0, 0.1) is 5.92 Å². The van der Waals surface area contributed by atoms with E-state index in [2.05, 4.69) is 34.4 Å². The van der Waals surface area contributed by atoms with E-state index in [-0.39, 0.29) is 18.0 Å². The second kappa shape index (κ2) is 7.25. The molecule has 0 bridgehead atoms. The molecule has 1 fully saturated rings. The molecule has 130 valence electrons. The normalized spacial score (nSPS) is 25.0. The summed E-state index contributed by atoms with van der Waals surface area (Å²) in [6, 6.07) is 18.3. The van der Waals surface area contributed by atoms with Gasteiger partial charge in [-0.1, -0.05) is 48.5 Å². The highest BCUT2D eigenvalue weighted by Crippen LogP contribution is 2.26. The molecule has 2 aromatic carbocycles. The summed E-state index contributed by atoms with van der Waals surface area (Å²) < 4.78 is 5.79. The molecule has 4 rings (SSSR count). The van der Waals surface area contributed by atoms with Gasteiger partial charge in [0.05, 0.1) is 6.61 Å². The summed E-state index contributed by atoms with van der Waals surface area (Å²) >= 11 is 0. The molecule has 5 heteroatoms. The van der Waals surface area contributed by atoms with E-state index >= 15 is 0 Å². The molecule has 1 amide bonds. The van der Waals surface area contributed by atoms with E-state index in [0.717, 1.165) is 18.6 Å². The molecule has 0 radical (unpaired) electrons. The lowest BCUT2D eigenvalue weighted by molar-refractivity contribution is -0.123. The Morgan fingerprint density at radius 2 is 1.88 bits per heavy atom. The molecule has 2 heterocycles. The van der Waals surface area contributed by atoms with Gasteiger partial charge in [-0.2, -0.15) is 0 Å². The number of carbonyl (C=O) groups is 1. The number of amides is 1. The molecular weight excluding hydrogens is 314 g/mol. The van der Waals surface area contributed by atoms with Crippen LogP contribution in [0.5, 0.6) is 5.75 Å². The van der Waals surface area contributed by atoms with Gasteiger partial charge in [-0.25, -0.2) is 10.9 Å². The van der Waals surface area contributed by atoms with E-state index in [0.29, 0.717) is 19.1 Å². The van der Waals surface area contributed by atoms with Crippen molar-refractivity contribution >= 4 is 5.91 Å². The van der Waals surface area contributed by atoms with Gasteiger partial charge in [0, 0.05) is 18.5 Å². The van der Waals surface area contributed by atoms with Crippen LogP contribution in [0.2, 0.25) is 0 Å². The molecule has 1 saturated heterocycles. The summed E-state index contributed by atoms with van der Waals surface area (Å²) in [6.45, 7) is 1.29. The number of nitrogens with one attached hydrogen (secondary N) is 3. The van der Waals surface area contributed by atoms with Crippen molar-refractivity contribution in [3.05, 3.63) is 65.7 Å². The summed E-state index contributed by atoms with van der Waals surface area (Å²) in [5.41, 5.74) is 8.75. The fourth-order valence-corrected chi connectivity index (χ4v) is 3.52. The highest BCUT2D eigenvalue weighted by molar-refractivity contribution is 5.82. The summed E-state index contributed by atoms with van der Waals surface area (Å²) in [4.78, 5) is 12.5. The van der Waals surface area contributed by atoms with Crippen molar-refractivity contribution < 1.29 is 9.53 Å². The zero-order valence-corrected chi connectivity index (χ0v) is 14.1. The first-order chi connectivity index (χ1) is 12.3. The molecule has 0 saturated carbocycles. The van der Waals surface area contributed by atoms with Crippen molar-refractivity contribution in [1.29, 1.82) is 0 Å². The molecule has 3 atom stereocenters. The number of rotatable bonds is 4. The van der Waals surface area contributed by atoms with Gasteiger partial charge in [0.2, 0.25) is 5.91 Å². The summed E-state index contributed by atoms with van der Waals surface area (Å²) in [7, 11) is 0. The second-order valence-electron chi connectivity index (χ2n) is 6.77. The number of fused-ring (bicyclic) bond motifs is 1. The predicted molar refractivity (Wildman–Crippen MR) is 96.0 cm³/mol. The maximum Gasteiger partial charge on any atom is 0.238 e. The number of benzene rings is 2. The highest BCUT2D eigenvalue weighted by atomic mass is 16.5. The molecule has 5 nitrogen and oxygen atoms in total. The minimum absolute atomic E-state index is 0.0461. The first-order valence-corrected chi connectivity index (χ1v) is 8.84. The minimum Gasteiger partial charge on any atom is -0.493 e. The predicted octanol–water partition coefficient (Wildman–Crippen LogP) is 1.96. The van der Waals surface area contributed by atoms with Crippen LogP contribution in [0.25, 0.3) is 0 Å². The van der Waals surface area contributed by atoms with Gasteiger partial charge in [0.25, 0.3) is 0 Å². The maximum atomic E-state index is 12.5. The molecule has 0 spiro atoms. The first-order valence-electron chi connectivity index (χ1n) is 8.84. The van der Waals surface area contributed by atoms with Crippen LogP contribution in [0.3, 0.4) is 0 Å². The molecular formula is C20H23N3O2. The number of hydrogen-bond acceptors (Lipinski definition) is 4. The zero-order chi connectivity index (χ0) is 17.1. The van der Waals surface area contributed by atoms with Crippen molar-refractivity contribution in [2.24, 2.45) is 5.92 Å². The van der Waals surface area contributed by atoms with Crippen LogP contribution in [0.1, 0.15) is 23.6 Å². The molecule has 2 aromatic rings. The SMILES string of the molecule is O=C(NCC1COc2ccccc2C1)C1CC(c2ccccc2)NN1. The number of ether oxygens (including phenoxy) is 1. The van der Waals surface area contributed by atoms with Crippen molar-refractivity contribution in [3.8, 4) is 5.75 Å². The topological polar surface area (TPSA) is 62.4 Å². The van der Waals surface area contributed by atoms with Crippen molar-refractivity contribution in [2.75, 3.05) is 13.2 Å². The third-order valence-electron chi connectivity index (χ3n) is 4.94. The van der Waals surface area contributed by atoms with E-state index in [1.165, 1.54) is 11.1 Å². The van der Waals surface area contributed by atoms with E-state index in [9.17, 15) is 4.79 Å². The van der Waals surface area contributed by atoms with E-state index in [1.54, 1.807) is 0 Å². The summed E-state index contributed by atoms with van der Waals surface area (Å²) in [5.74, 6) is 1.33. The molecule has 25 heavy (non-hydrogen) atoms. The lowest BCUT2D eigenvalue weighted by Crippen LogP contribution is -2.45. The van der Waals surface area contributed by atoms with Crippen LogP contribution in [0.15, 0.2) is 54.6 Å². The van der Waals surface area contributed by atoms with Crippen LogP contribution >= 0.6 is 0 Å². The smallest absolute Gasteiger partial charge is 0.238 e. The average molecular weight is 337 g/mol. The summed E-state index contributed by atoms with van der Waals surface area (Å²) in [6.07, 6.45) is 1.69. The van der Waals surface area contributed by atoms with Gasteiger partial charge < -0.3 is 10.1 Å². The Bertz CT molecular complexity index is 735. The third kappa shape index (κ3) is 3.67. The maximum absolute atomic E-state index is 12.5. The van der Waals surface area contributed by atoms with Gasteiger partial charge in [-0.05, 0) is 30.0 Å². The summed E-state index contributed by atoms with van der Waals surface area (Å²) in [5, 5.41) is 3.08. The fraction of sp³-hybridized carbons (Fsp3) is 0.350. The van der Waals surface area contributed by atoms with Crippen molar-refractivity contribution in [2.45, 2.75) is 24.9 Å². The Morgan fingerprint density at radius 3 is 2.76 bits per heavy atom. The third-order valence-corrected chi connectivity index (χ3v) is 4.94. The first kappa shape index (κ1) is 16.1. The zero-order valence-electron chi connectivity index (χ0n) is 14.1. The number of para-hydroxylation sites is 1. The Labute approximate surface area is 147 Å². The molecule has 2 aliphatic heterocycles. The molecule has 3 unspecified atom stereocenters. The molecule has 0 aromatic heterocycles. The molecule has 2 aliphatic rings. The highest BCUT2D eigenvalue weighted by Gasteiger charge is 2.30. The van der Waals surface area contributed by atoms with E-state index in [4.69, 9.17) is 4.74 Å². The van der Waals surface area contributed by atoms with Gasteiger partial charge in [0.15, 0.2) is 0 Å². The number of carbonyl (C=O) groups excluding carboxylic acids is 1. The lowest BCUT2D eigenvalue weighted by Gasteiger charge is -2.25. The monoisotopic (exact) mass is 337 g/mol. The Kier molecular flexibility index (Phi) is 4.68. The van der Waals surface area contributed by atoms with E-state index < -0.39 is 0 Å². The second-order valence-corrected chi connectivity index (χ2v) is 6.77. The van der Waals surface area contributed by atoms with Crippen LogP contribution < -0.4 is 20.9 Å². The van der Waals surface area contributed by atoms with Crippen LogP contribution in [-0.2, 0) is 11.2 Å². The minimum atomic E-state index is -0.206. The Morgan fingerprint density at radius 1 is 1.08 bits per heavy atom. The Hall–Kier alpha value is -2.37. The van der Waals surface area contributed by atoms with Crippen molar-refractivity contribution in [3.63, 3.8) is 0 Å². The molecule has 3 N–H and O–H groups in total. The van der Waals surface area contributed by atoms with E-state index in [1.807, 2.05) is 36.4 Å². The van der Waals surface area contributed by atoms with Crippen molar-refractivity contribution in [1.82, 2.24) is 16.2 Å². The van der Waals surface area contributed by atoms with Crippen LogP contribution in [0.4, 0.5) is 0 Å².